The van der Waals surface area contributed by atoms with Crippen LogP contribution in [0.3, 0.4) is 0 Å². The highest BCUT2D eigenvalue weighted by molar-refractivity contribution is 6.95. The lowest BCUT2D eigenvalue weighted by Gasteiger charge is -2.25. The Balaban J connectivity index is 1.18. The van der Waals surface area contributed by atoms with Crippen molar-refractivity contribution in [1.82, 2.24) is 0 Å². The van der Waals surface area contributed by atoms with Gasteiger partial charge in [0.25, 0.3) is 0 Å². The predicted molar refractivity (Wildman–Crippen MR) is 140 cm³/mol. The lowest BCUT2D eigenvalue weighted by molar-refractivity contribution is -0.163. The average Bonchev–Trinajstić information content (AvgIpc) is 3.51. The third kappa shape index (κ3) is 4.03. The van der Waals surface area contributed by atoms with E-state index in [0.717, 1.165) is 29.7 Å². The van der Waals surface area contributed by atoms with Gasteiger partial charge in [-0.15, -0.1) is 0 Å². The fourth-order valence-corrected chi connectivity index (χ4v) is 9.83. The Morgan fingerprint density at radius 1 is 0.917 bits per heavy atom. The first-order valence-electron chi connectivity index (χ1n) is 12.7. The molecule has 6 heteroatoms. The van der Waals surface area contributed by atoms with Gasteiger partial charge in [-0.25, -0.2) is 4.79 Å². The Labute approximate surface area is 213 Å². The summed E-state index contributed by atoms with van der Waals surface area (Å²) in [6.07, 6.45) is 1.08. The second kappa shape index (κ2) is 9.25. The number of benzene rings is 3. The van der Waals surface area contributed by atoms with Crippen LogP contribution in [0.15, 0.2) is 72.8 Å². The molecule has 0 radical (unpaired) electrons. The number of hydrogen-bond donors (Lipinski definition) is 0. The lowest BCUT2D eigenvalue weighted by Crippen LogP contribution is -2.52. The number of rotatable bonds is 7. The van der Waals surface area contributed by atoms with E-state index in [9.17, 15) is 9.59 Å². The molecule has 1 saturated heterocycles. The molecule has 3 fully saturated rings. The molecule has 1 heterocycles. The maximum Gasteiger partial charge on any atom is 0.344 e. The van der Waals surface area contributed by atoms with Crippen LogP contribution in [-0.2, 0) is 19.1 Å². The number of esters is 2. The molecule has 5 nitrogen and oxygen atoms in total. The Morgan fingerprint density at radius 3 is 2.14 bits per heavy atom. The molecule has 0 N–H and O–H groups in total. The molecule has 2 bridgehead atoms. The van der Waals surface area contributed by atoms with Gasteiger partial charge in [-0.05, 0) is 37.8 Å². The summed E-state index contributed by atoms with van der Waals surface area (Å²) in [6, 6.07) is 25.8. The summed E-state index contributed by atoms with van der Waals surface area (Å²) < 4.78 is 17.3. The van der Waals surface area contributed by atoms with Crippen molar-refractivity contribution in [2.75, 3.05) is 6.61 Å². The van der Waals surface area contributed by atoms with Gasteiger partial charge in [0.2, 0.25) is 0 Å². The standard InChI is InChI=1S/C30H30O5Si/c1-18-13-23(36(21-9-5-3-6-10-21)22-11-7-4-8-12-22)14-19(2)27(18)33-17-26(31)34-28-20-15-24-25(16-20)30(32)35-29(24)28/h3-14,20,24-25,28-29,36H,15-17H2,1-2H3. The van der Waals surface area contributed by atoms with E-state index in [1.165, 1.54) is 15.6 Å². The second-order valence-electron chi connectivity index (χ2n) is 10.4. The van der Waals surface area contributed by atoms with Crippen molar-refractivity contribution in [3.8, 4) is 5.75 Å². The van der Waals surface area contributed by atoms with Gasteiger partial charge in [0, 0.05) is 11.8 Å². The molecular weight excluding hydrogens is 468 g/mol. The van der Waals surface area contributed by atoms with Crippen molar-refractivity contribution in [2.45, 2.75) is 38.9 Å². The Bertz CT molecular complexity index is 1230. The summed E-state index contributed by atoms with van der Waals surface area (Å²) in [6.45, 7) is 3.91. The Morgan fingerprint density at radius 2 is 1.53 bits per heavy atom. The number of ether oxygens (including phenoxy) is 3. The first kappa shape index (κ1) is 23.0. The van der Waals surface area contributed by atoms with Crippen molar-refractivity contribution in [3.05, 3.63) is 83.9 Å². The largest absolute Gasteiger partial charge is 0.481 e. The van der Waals surface area contributed by atoms with Crippen LogP contribution in [0, 0.1) is 31.6 Å². The van der Waals surface area contributed by atoms with E-state index < -0.39 is 14.8 Å². The van der Waals surface area contributed by atoms with E-state index >= 15 is 0 Å². The first-order valence-corrected chi connectivity index (χ1v) is 14.5. The van der Waals surface area contributed by atoms with Crippen molar-refractivity contribution < 1.29 is 23.8 Å². The van der Waals surface area contributed by atoms with E-state index in [2.05, 4.69) is 72.8 Å². The van der Waals surface area contributed by atoms with E-state index in [-0.39, 0.29) is 42.5 Å². The van der Waals surface area contributed by atoms with E-state index in [1.807, 2.05) is 13.8 Å². The van der Waals surface area contributed by atoms with Gasteiger partial charge in [0.05, 0.1) is 5.92 Å². The molecule has 36 heavy (non-hydrogen) atoms. The topological polar surface area (TPSA) is 61.8 Å². The summed E-state index contributed by atoms with van der Waals surface area (Å²) in [5.74, 6) is 0.641. The number of hydrogen-bond acceptors (Lipinski definition) is 5. The number of carbonyl (C=O) groups excluding carboxylic acids is 2. The van der Waals surface area contributed by atoms with Crippen LogP contribution >= 0.6 is 0 Å². The van der Waals surface area contributed by atoms with Gasteiger partial charge in [-0.3, -0.25) is 4.79 Å². The fraction of sp³-hybridized carbons (Fsp3) is 0.333. The van der Waals surface area contributed by atoms with Crippen LogP contribution in [0.25, 0.3) is 0 Å². The smallest absolute Gasteiger partial charge is 0.344 e. The molecule has 0 aromatic heterocycles. The molecule has 0 amide bonds. The Kier molecular flexibility index (Phi) is 5.92. The number of carbonyl (C=O) groups is 2. The van der Waals surface area contributed by atoms with Gasteiger partial charge in [0.1, 0.15) is 26.8 Å². The zero-order valence-corrected chi connectivity index (χ0v) is 21.7. The zero-order valence-electron chi connectivity index (χ0n) is 20.6. The van der Waals surface area contributed by atoms with Crippen LogP contribution in [-0.4, -0.2) is 39.6 Å². The minimum Gasteiger partial charge on any atom is -0.481 e. The molecule has 3 aromatic rings. The third-order valence-corrected chi connectivity index (χ3v) is 11.2. The van der Waals surface area contributed by atoms with Gasteiger partial charge in [-0.2, -0.15) is 0 Å². The molecule has 2 saturated carbocycles. The van der Waals surface area contributed by atoms with Gasteiger partial charge in [0.15, 0.2) is 6.61 Å². The van der Waals surface area contributed by atoms with Gasteiger partial charge < -0.3 is 14.2 Å². The molecule has 1 aliphatic heterocycles. The molecular formula is C30H30O5Si. The summed E-state index contributed by atoms with van der Waals surface area (Å²) in [5, 5.41) is 4.04. The molecule has 184 valence electrons. The highest BCUT2D eigenvalue weighted by Crippen LogP contribution is 2.55. The van der Waals surface area contributed by atoms with Crippen LogP contribution in [0.1, 0.15) is 24.0 Å². The third-order valence-electron chi connectivity index (χ3n) is 8.10. The number of fused-ring (bicyclic) bond motifs is 1. The van der Waals surface area contributed by atoms with Gasteiger partial charge in [-0.1, -0.05) is 88.4 Å². The quantitative estimate of drug-likeness (QED) is 0.285. The normalized spacial score (nSPS) is 25.8. The predicted octanol–water partition coefficient (Wildman–Crippen LogP) is 2.42. The zero-order chi connectivity index (χ0) is 24.8. The van der Waals surface area contributed by atoms with E-state index in [0.29, 0.717) is 0 Å². The summed E-state index contributed by atoms with van der Waals surface area (Å²) >= 11 is 0. The van der Waals surface area contributed by atoms with Crippen molar-refractivity contribution in [3.63, 3.8) is 0 Å². The summed E-state index contributed by atoms with van der Waals surface area (Å²) in [5.41, 5.74) is 2.02. The molecule has 0 spiro atoms. The van der Waals surface area contributed by atoms with Gasteiger partial charge >= 0.3 is 11.9 Å². The Hall–Kier alpha value is -3.38. The average molecular weight is 499 g/mol. The summed E-state index contributed by atoms with van der Waals surface area (Å²) in [4.78, 5) is 24.7. The number of aryl methyl sites for hydroxylation is 2. The van der Waals surface area contributed by atoms with E-state index in [1.54, 1.807) is 0 Å². The highest BCUT2D eigenvalue weighted by atomic mass is 28.3. The van der Waals surface area contributed by atoms with Crippen LogP contribution in [0.5, 0.6) is 5.75 Å². The SMILES string of the molecule is Cc1cc([SiH](c2ccccc2)c2ccccc2)cc(C)c1OCC(=O)OC1C2CC3C(=O)OC1C3C2. The highest BCUT2D eigenvalue weighted by Gasteiger charge is 2.63. The minimum absolute atomic E-state index is 0.00849. The van der Waals surface area contributed by atoms with Crippen LogP contribution in [0.2, 0.25) is 0 Å². The van der Waals surface area contributed by atoms with E-state index in [4.69, 9.17) is 14.2 Å². The molecule has 3 aliphatic rings. The lowest BCUT2D eigenvalue weighted by atomic mass is 9.88. The molecule has 5 unspecified atom stereocenters. The maximum atomic E-state index is 12.7. The van der Waals surface area contributed by atoms with Crippen molar-refractivity contribution in [2.24, 2.45) is 17.8 Å². The molecule has 6 rings (SSSR count). The first-order chi connectivity index (χ1) is 17.5. The molecule has 5 atom stereocenters. The monoisotopic (exact) mass is 498 g/mol. The minimum atomic E-state index is -1.65. The van der Waals surface area contributed by atoms with Crippen molar-refractivity contribution >= 4 is 36.3 Å². The summed E-state index contributed by atoms with van der Waals surface area (Å²) in [7, 11) is -1.65. The van der Waals surface area contributed by atoms with Crippen LogP contribution in [0.4, 0.5) is 0 Å². The maximum absolute atomic E-state index is 12.7. The molecule has 3 aromatic carbocycles. The molecule has 2 aliphatic carbocycles. The van der Waals surface area contributed by atoms with Crippen LogP contribution < -0.4 is 20.3 Å². The van der Waals surface area contributed by atoms with Crippen molar-refractivity contribution in [1.29, 1.82) is 0 Å². The fourth-order valence-electron chi connectivity index (χ4n) is 6.63. The second-order valence-corrected chi connectivity index (χ2v) is 13.3.